The predicted molar refractivity (Wildman–Crippen MR) is 73.6 cm³/mol. The maximum atomic E-state index is 11.1. The number of nitrogens with one attached hydrogen (secondary N) is 1. The average molecular weight is 259 g/mol. The van der Waals surface area contributed by atoms with E-state index in [2.05, 4.69) is 17.2 Å². The normalized spacial score (nSPS) is 22.7. The summed E-state index contributed by atoms with van der Waals surface area (Å²) in [5.74, 6) is 2.07. The van der Waals surface area contributed by atoms with Crippen LogP contribution in [0.1, 0.15) is 12.0 Å². The molecule has 0 bridgehead atoms. The fourth-order valence-electron chi connectivity index (χ4n) is 2.45. The molecule has 2 aliphatic rings. The molecular weight excluding hydrogens is 244 g/mol. The lowest BCUT2D eigenvalue weighted by Gasteiger charge is -2.16. The van der Waals surface area contributed by atoms with Crippen molar-refractivity contribution >= 4 is 23.8 Å². The molecule has 1 atom stereocenters. The van der Waals surface area contributed by atoms with Crippen molar-refractivity contribution in [3.05, 3.63) is 47.2 Å². The Morgan fingerprint density at radius 3 is 2.94 bits per heavy atom. The van der Waals surface area contributed by atoms with Gasteiger partial charge in [0.05, 0.1) is 5.57 Å². The molecule has 0 radical (unpaired) electrons. The van der Waals surface area contributed by atoms with Gasteiger partial charge in [-0.05, 0) is 0 Å². The van der Waals surface area contributed by atoms with E-state index in [9.17, 15) is 4.79 Å². The van der Waals surface area contributed by atoms with E-state index >= 15 is 0 Å². The van der Waals surface area contributed by atoms with Crippen molar-refractivity contribution in [3.63, 3.8) is 0 Å². The highest BCUT2D eigenvalue weighted by Crippen LogP contribution is 2.23. The molecule has 2 aliphatic heterocycles. The molecule has 1 aromatic carbocycles. The van der Waals surface area contributed by atoms with Crippen LogP contribution in [0.25, 0.3) is 0 Å². The zero-order valence-electron chi connectivity index (χ0n) is 10.1. The van der Waals surface area contributed by atoms with Gasteiger partial charge in [0.2, 0.25) is 0 Å². The zero-order valence-corrected chi connectivity index (χ0v) is 10.9. The molecule has 0 saturated heterocycles. The van der Waals surface area contributed by atoms with Gasteiger partial charge in [0.1, 0.15) is 12.2 Å². The highest BCUT2D eigenvalue weighted by atomic mass is 32.2. The smallest absolute Gasteiger partial charge is 0.174 e. The van der Waals surface area contributed by atoms with Crippen molar-refractivity contribution in [2.45, 2.75) is 13.0 Å². The molecule has 3 nitrogen and oxygen atoms in total. The molecule has 1 aromatic rings. The third-order valence-corrected chi connectivity index (χ3v) is 4.33. The third kappa shape index (κ3) is 2.13. The maximum absolute atomic E-state index is 11.1. The number of hydrogen-bond donors (Lipinski definition) is 1. The lowest BCUT2D eigenvalue weighted by molar-refractivity contribution is -0.881. The number of rotatable bonds is 3. The first-order valence-electron chi connectivity index (χ1n) is 6.12. The van der Waals surface area contributed by atoms with E-state index in [1.54, 1.807) is 0 Å². The van der Waals surface area contributed by atoms with Crippen molar-refractivity contribution in [1.82, 2.24) is 0 Å². The fourth-order valence-corrected chi connectivity index (χ4v) is 3.47. The molecule has 0 spiro atoms. The number of thioether (sulfide) groups is 1. The van der Waals surface area contributed by atoms with E-state index in [-0.39, 0.29) is 0 Å². The monoisotopic (exact) mass is 259 g/mol. The molecule has 18 heavy (non-hydrogen) atoms. The molecule has 0 saturated carbocycles. The number of carbonyl (C=O) groups excluding carboxylic acids is 1. The first kappa shape index (κ1) is 11.7. The number of nitrogens with zero attached hydrogens (tertiary/aromatic N) is 1. The number of allylic oxidation sites excluding steroid dienone is 1. The van der Waals surface area contributed by atoms with Crippen LogP contribution in [0.5, 0.6) is 0 Å². The summed E-state index contributed by atoms with van der Waals surface area (Å²) in [5, 5.41) is 5.62. The fraction of sp³-hybridized carbons (Fsp3) is 0.286. The minimum Gasteiger partial charge on any atom is -0.296 e. The van der Waals surface area contributed by atoms with Gasteiger partial charge in [-0.2, -0.15) is 16.8 Å². The van der Waals surface area contributed by atoms with E-state index in [4.69, 9.17) is 0 Å². The molecule has 92 valence electrons. The summed E-state index contributed by atoms with van der Waals surface area (Å²) in [6.45, 7) is 0.835. The standard InChI is InChI=1S/C14H14N2OS/c17-9-13-12-10-18-7-6-14(12)16(15-13)8-11-4-2-1-3-5-11/h1-5,9H,6-8,10H2/p+1. The van der Waals surface area contributed by atoms with Gasteiger partial charge < -0.3 is 0 Å². The van der Waals surface area contributed by atoms with Crippen molar-refractivity contribution < 1.29 is 9.80 Å². The minimum atomic E-state index is 0.656. The van der Waals surface area contributed by atoms with Crippen molar-refractivity contribution in [1.29, 1.82) is 0 Å². The Morgan fingerprint density at radius 1 is 1.33 bits per heavy atom. The lowest BCUT2D eigenvalue weighted by atomic mass is 10.1. The van der Waals surface area contributed by atoms with Gasteiger partial charge in [0, 0.05) is 23.5 Å². The topological polar surface area (TPSA) is 33.9 Å². The van der Waals surface area contributed by atoms with E-state index in [1.807, 2.05) is 30.0 Å². The molecule has 1 N–H and O–H groups in total. The molecular formula is C14H15N2OS+. The number of hydrogen-bond acceptors (Lipinski definition) is 3. The Hall–Kier alpha value is -1.39. The maximum Gasteiger partial charge on any atom is 0.174 e. The molecule has 0 aromatic heterocycles. The second-order valence-electron chi connectivity index (χ2n) is 4.48. The Labute approximate surface area is 111 Å². The van der Waals surface area contributed by atoms with E-state index in [1.165, 1.54) is 16.8 Å². The minimum absolute atomic E-state index is 0.656. The Bertz CT molecular complexity index is 522. The first-order valence-corrected chi connectivity index (χ1v) is 7.28. The van der Waals surface area contributed by atoms with E-state index < -0.39 is 0 Å². The van der Waals surface area contributed by atoms with Gasteiger partial charge in [0.25, 0.3) is 0 Å². The Balaban J connectivity index is 1.87. The summed E-state index contributed by atoms with van der Waals surface area (Å²) < 4.78 is 0. The van der Waals surface area contributed by atoms with E-state index in [0.717, 1.165) is 35.8 Å². The average Bonchev–Trinajstić information content (AvgIpc) is 2.78. The van der Waals surface area contributed by atoms with Gasteiger partial charge >= 0.3 is 0 Å². The van der Waals surface area contributed by atoms with Gasteiger partial charge in [-0.1, -0.05) is 35.4 Å². The van der Waals surface area contributed by atoms with Crippen LogP contribution in [0.15, 0.2) is 46.7 Å². The number of carbonyl (C=O) groups is 1. The Kier molecular flexibility index (Phi) is 3.30. The SMILES string of the molecule is O=CC1=N[NH+](Cc2ccccc2)C2=C1CSCC2. The van der Waals surface area contributed by atoms with Crippen LogP contribution in [0.3, 0.4) is 0 Å². The molecule has 0 amide bonds. The summed E-state index contributed by atoms with van der Waals surface area (Å²) in [7, 11) is 0. The second-order valence-corrected chi connectivity index (χ2v) is 5.59. The van der Waals surface area contributed by atoms with Crippen LogP contribution in [0.2, 0.25) is 0 Å². The van der Waals surface area contributed by atoms with Gasteiger partial charge in [-0.3, -0.25) is 4.79 Å². The molecule has 3 rings (SSSR count). The molecule has 1 unspecified atom stereocenters. The predicted octanol–water partition coefficient (Wildman–Crippen LogP) is 1.03. The zero-order chi connectivity index (χ0) is 12.4. The molecule has 0 aliphatic carbocycles. The summed E-state index contributed by atoms with van der Waals surface area (Å²) >= 11 is 1.89. The van der Waals surface area contributed by atoms with Crippen molar-refractivity contribution in [2.75, 3.05) is 11.5 Å². The number of aldehydes is 1. The number of quaternary nitrogens is 1. The van der Waals surface area contributed by atoms with Gasteiger partial charge in [-0.15, -0.1) is 0 Å². The van der Waals surface area contributed by atoms with E-state index in [0.29, 0.717) is 5.71 Å². The van der Waals surface area contributed by atoms with Crippen LogP contribution in [-0.4, -0.2) is 23.5 Å². The summed E-state index contributed by atoms with van der Waals surface area (Å²) in [5.41, 5.74) is 4.41. The van der Waals surface area contributed by atoms with Gasteiger partial charge in [-0.25, -0.2) is 0 Å². The lowest BCUT2D eigenvalue weighted by Crippen LogP contribution is -3.03. The third-order valence-electron chi connectivity index (χ3n) is 3.35. The first-order chi connectivity index (χ1) is 8.88. The van der Waals surface area contributed by atoms with Crippen LogP contribution >= 0.6 is 11.8 Å². The largest absolute Gasteiger partial charge is 0.296 e. The number of benzene rings is 1. The van der Waals surface area contributed by atoms with Crippen LogP contribution in [-0.2, 0) is 11.3 Å². The Morgan fingerprint density at radius 2 is 2.17 bits per heavy atom. The van der Waals surface area contributed by atoms with Gasteiger partial charge in [0.15, 0.2) is 12.0 Å². The summed E-state index contributed by atoms with van der Waals surface area (Å²) in [6.07, 6.45) is 1.95. The summed E-state index contributed by atoms with van der Waals surface area (Å²) in [6, 6.07) is 10.3. The molecule has 4 heteroatoms. The highest BCUT2D eigenvalue weighted by Gasteiger charge is 2.33. The second kappa shape index (κ2) is 5.08. The van der Waals surface area contributed by atoms with Crippen LogP contribution in [0.4, 0.5) is 0 Å². The van der Waals surface area contributed by atoms with Crippen molar-refractivity contribution in [2.24, 2.45) is 5.10 Å². The van der Waals surface area contributed by atoms with Crippen LogP contribution < -0.4 is 5.01 Å². The van der Waals surface area contributed by atoms with Crippen molar-refractivity contribution in [3.8, 4) is 0 Å². The molecule has 0 fully saturated rings. The summed E-state index contributed by atoms with van der Waals surface area (Å²) in [4.78, 5) is 11.1. The van der Waals surface area contributed by atoms with Crippen LogP contribution in [0, 0.1) is 0 Å². The highest BCUT2D eigenvalue weighted by molar-refractivity contribution is 7.99. The molecule has 2 heterocycles. The quantitative estimate of drug-likeness (QED) is 0.823.